The van der Waals surface area contributed by atoms with E-state index in [0.29, 0.717) is 19.4 Å². The highest BCUT2D eigenvalue weighted by Gasteiger charge is 2.36. The minimum absolute atomic E-state index is 0.0289. The molecule has 3 heteroatoms. The van der Waals surface area contributed by atoms with Crippen molar-refractivity contribution in [2.45, 2.75) is 47.5 Å². The highest BCUT2D eigenvalue weighted by atomic mass is 16.2. The van der Waals surface area contributed by atoms with E-state index < -0.39 is 0 Å². The summed E-state index contributed by atoms with van der Waals surface area (Å²) in [5.41, 5.74) is -0.139. The number of hydrogen-bond donors (Lipinski definition) is 0. The fraction of sp³-hybridized carbons (Fsp3) is 0.818. The summed E-state index contributed by atoms with van der Waals surface area (Å²) >= 11 is 0. The molecule has 0 unspecified atom stereocenters. The third kappa shape index (κ3) is 3.13. The molecule has 82 valence electrons. The van der Waals surface area contributed by atoms with Crippen molar-refractivity contribution in [3.05, 3.63) is 0 Å². The number of carbonyl (C=O) groups excluding carboxylic acids is 2. The van der Waals surface area contributed by atoms with E-state index in [-0.39, 0.29) is 17.2 Å². The van der Waals surface area contributed by atoms with Gasteiger partial charge in [0.25, 0.3) is 0 Å². The lowest BCUT2D eigenvalue weighted by Crippen LogP contribution is -2.45. The predicted octanol–water partition coefficient (Wildman–Crippen LogP) is 2.21. The van der Waals surface area contributed by atoms with E-state index >= 15 is 0 Å². The number of hydrogen-bond acceptors (Lipinski definition) is 2. The average Bonchev–Trinajstić information content (AvgIpc) is 2.05. The van der Waals surface area contributed by atoms with Crippen LogP contribution in [0.25, 0.3) is 0 Å². The number of carbonyl (C=O) groups is 2. The van der Waals surface area contributed by atoms with Gasteiger partial charge in [-0.05, 0) is 12.3 Å². The lowest BCUT2D eigenvalue weighted by atomic mass is 9.82. The van der Waals surface area contributed by atoms with Crippen LogP contribution in [0, 0.1) is 5.41 Å². The van der Waals surface area contributed by atoms with Crippen LogP contribution in [0.4, 0.5) is 0 Å². The first kappa shape index (κ1) is 13.1. The van der Waals surface area contributed by atoms with Crippen LogP contribution in [0.5, 0.6) is 0 Å². The van der Waals surface area contributed by atoms with Gasteiger partial charge in [0.1, 0.15) is 0 Å². The predicted molar refractivity (Wildman–Crippen MR) is 56.8 cm³/mol. The SMILES string of the molecule is CC.CCN1C(=O)CC(C)(C)CC1=O. The van der Waals surface area contributed by atoms with Crippen molar-refractivity contribution in [3.63, 3.8) is 0 Å². The van der Waals surface area contributed by atoms with Crippen molar-refractivity contribution in [1.82, 2.24) is 4.90 Å². The van der Waals surface area contributed by atoms with Gasteiger partial charge in [0.05, 0.1) is 0 Å². The Morgan fingerprint density at radius 1 is 1.14 bits per heavy atom. The van der Waals surface area contributed by atoms with Gasteiger partial charge in [0.2, 0.25) is 11.8 Å². The second-order valence-electron chi connectivity index (χ2n) is 4.05. The van der Waals surface area contributed by atoms with Gasteiger partial charge in [-0.2, -0.15) is 0 Å². The molecule has 0 N–H and O–H groups in total. The zero-order valence-corrected chi connectivity index (χ0v) is 9.89. The largest absolute Gasteiger partial charge is 0.283 e. The average molecular weight is 199 g/mol. The third-order valence-electron chi connectivity index (χ3n) is 2.18. The molecule has 0 aromatic carbocycles. The van der Waals surface area contributed by atoms with Gasteiger partial charge in [-0.3, -0.25) is 14.5 Å². The van der Waals surface area contributed by atoms with Crippen LogP contribution in [0.3, 0.4) is 0 Å². The third-order valence-corrected chi connectivity index (χ3v) is 2.18. The molecule has 0 aromatic rings. The molecule has 1 rings (SSSR count). The molecule has 0 bridgehead atoms. The monoisotopic (exact) mass is 199 g/mol. The van der Waals surface area contributed by atoms with Gasteiger partial charge in [-0.25, -0.2) is 0 Å². The number of amides is 2. The zero-order chi connectivity index (χ0) is 11.4. The van der Waals surface area contributed by atoms with Gasteiger partial charge in [0, 0.05) is 19.4 Å². The zero-order valence-electron chi connectivity index (χ0n) is 9.89. The summed E-state index contributed by atoms with van der Waals surface area (Å²) in [4.78, 5) is 24.1. The van der Waals surface area contributed by atoms with Crippen LogP contribution in [0.1, 0.15) is 47.5 Å². The van der Waals surface area contributed by atoms with E-state index in [1.54, 1.807) is 0 Å². The summed E-state index contributed by atoms with van der Waals surface area (Å²) < 4.78 is 0. The summed E-state index contributed by atoms with van der Waals surface area (Å²) in [5, 5.41) is 0. The summed E-state index contributed by atoms with van der Waals surface area (Å²) in [6.07, 6.45) is 0.985. The molecular formula is C11H21NO2. The van der Waals surface area contributed by atoms with Crippen molar-refractivity contribution < 1.29 is 9.59 Å². The molecule has 1 aliphatic heterocycles. The molecule has 0 radical (unpaired) electrons. The van der Waals surface area contributed by atoms with E-state index in [1.165, 1.54) is 4.90 Å². The lowest BCUT2D eigenvalue weighted by Gasteiger charge is -2.33. The Kier molecular flexibility index (Phi) is 4.81. The van der Waals surface area contributed by atoms with Crippen molar-refractivity contribution in [1.29, 1.82) is 0 Å². The van der Waals surface area contributed by atoms with E-state index in [1.807, 2.05) is 34.6 Å². The standard InChI is InChI=1S/C9H15NO2.C2H6/c1-4-10-7(11)5-9(2,3)6-8(10)12;1-2/h4-6H2,1-3H3;1-2H3. The van der Waals surface area contributed by atoms with Crippen LogP contribution in [-0.2, 0) is 9.59 Å². The van der Waals surface area contributed by atoms with Crippen LogP contribution in [0.15, 0.2) is 0 Å². The molecule has 14 heavy (non-hydrogen) atoms. The molecule has 0 saturated carbocycles. The van der Waals surface area contributed by atoms with E-state index in [2.05, 4.69) is 0 Å². The topological polar surface area (TPSA) is 37.4 Å². The maximum Gasteiger partial charge on any atom is 0.229 e. The fourth-order valence-electron chi connectivity index (χ4n) is 1.56. The molecule has 0 aromatic heterocycles. The molecule has 1 fully saturated rings. The van der Waals surface area contributed by atoms with Crippen molar-refractivity contribution >= 4 is 11.8 Å². The number of piperidine rings is 1. The maximum atomic E-state index is 11.4. The normalized spacial score (nSPS) is 20.2. The van der Waals surface area contributed by atoms with Gasteiger partial charge in [-0.1, -0.05) is 27.7 Å². The molecule has 0 aliphatic carbocycles. The van der Waals surface area contributed by atoms with E-state index in [9.17, 15) is 9.59 Å². The van der Waals surface area contributed by atoms with E-state index in [0.717, 1.165) is 0 Å². The highest BCUT2D eigenvalue weighted by Crippen LogP contribution is 2.31. The minimum Gasteiger partial charge on any atom is -0.283 e. The number of rotatable bonds is 1. The molecular weight excluding hydrogens is 178 g/mol. The molecule has 1 aliphatic rings. The number of imide groups is 1. The lowest BCUT2D eigenvalue weighted by molar-refractivity contribution is -0.152. The van der Waals surface area contributed by atoms with Crippen LogP contribution in [-0.4, -0.2) is 23.3 Å². The van der Waals surface area contributed by atoms with E-state index in [4.69, 9.17) is 0 Å². The smallest absolute Gasteiger partial charge is 0.229 e. The first-order valence-electron chi connectivity index (χ1n) is 5.29. The van der Waals surface area contributed by atoms with Gasteiger partial charge >= 0.3 is 0 Å². The molecule has 3 nitrogen and oxygen atoms in total. The Morgan fingerprint density at radius 3 is 1.79 bits per heavy atom. The Hall–Kier alpha value is -0.860. The quantitative estimate of drug-likeness (QED) is 0.607. The van der Waals surface area contributed by atoms with Gasteiger partial charge < -0.3 is 0 Å². The van der Waals surface area contributed by atoms with Crippen LogP contribution >= 0.6 is 0 Å². The van der Waals surface area contributed by atoms with Crippen LogP contribution < -0.4 is 0 Å². The van der Waals surface area contributed by atoms with Crippen molar-refractivity contribution in [2.75, 3.05) is 6.54 Å². The molecule has 1 saturated heterocycles. The molecule has 1 heterocycles. The summed E-state index contributed by atoms with van der Waals surface area (Å²) in [7, 11) is 0. The Morgan fingerprint density at radius 2 is 1.50 bits per heavy atom. The summed E-state index contributed by atoms with van der Waals surface area (Å²) in [6.45, 7) is 10.2. The Balaban J connectivity index is 0.000000791. The second kappa shape index (κ2) is 5.13. The minimum atomic E-state index is -0.139. The summed E-state index contributed by atoms with van der Waals surface area (Å²) in [5.74, 6) is -0.0579. The van der Waals surface area contributed by atoms with Crippen molar-refractivity contribution in [2.24, 2.45) is 5.41 Å². The summed E-state index contributed by atoms with van der Waals surface area (Å²) in [6, 6.07) is 0. The van der Waals surface area contributed by atoms with Crippen LogP contribution in [0.2, 0.25) is 0 Å². The highest BCUT2D eigenvalue weighted by molar-refractivity contribution is 5.98. The Bertz CT molecular complexity index is 201. The Labute approximate surface area is 86.5 Å². The first-order valence-corrected chi connectivity index (χ1v) is 5.29. The first-order chi connectivity index (χ1) is 6.46. The molecule has 0 spiro atoms. The fourth-order valence-corrected chi connectivity index (χ4v) is 1.56. The molecule has 0 atom stereocenters. The van der Waals surface area contributed by atoms with Crippen molar-refractivity contribution in [3.8, 4) is 0 Å². The maximum absolute atomic E-state index is 11.4. The second-order valence-corrected chi connectivity index (χ2v) is 4.05. The molecule has 2 amide bonds. The van der Waals surface area contributed by atoms with Gasteiger partial charge in [0.15, 0.2) is 0 Å². The number of nitrogens with zero attached hydrogens (tertiary/aromatic N) is 1. The van der Waals surface area contributed by atoms with Gasteiger partial charge in [-0.15, -0.1) is 0 Å². The number of likely N-dealkylation sites (tertiary alicyclic amines) is 1.